The lowest BCUT2D eigenvalue weighted by Gasteiger charge is -2.20. The summed E-state index contributed by atoms with van der Waals surface area (Å²) in [7, 11) is 0. The van der Waals surface area contributed by atoms with Crippen molar-refractivity contribution >= 4 is 17.9 Å². The number of carbonyl (C=O) groups is 2. The quantitative estimate of drug-likeness (QED) is 0.837. The van der Waals surface area contributed by atoms with Crippen molar-refractivity contribution in [3.05, 3.63) is 53.9 Å². The third kappa shape index (κ3) is 2.32. The Hall–Kier alpha value is -2.36. The lowest BCUT2D eigenvalue weighted by atomic mass is 10.2. The Morgan fingerprint density at radius 2 is 2.06 bits per heavy atom. The molecule has 2 aromatic rings. The summed E-state index contributed by atoms with van der Waals surface area (Å²) < 4.78 is 0. The zero-order chi connectivity index (χ0) is 13.0. The molecule has 1 amide bonds. The SMILES string of the molecule is CCN(C(=O)c1cc(C=O)c[nH]1)c1ccccc1. The van der Waals surface area contributed by atoms with Crippen molar-refractivity contribution in [1.82, 2.24) is 4.98 Å². The standard InChI is InChI=1S/C14H14N2O2/c1-2-16(12-6-4-3-5-7-12)14(18)13-8-11(10-17)9-15-13/h3-10,15H,2H2,1H3. The Bertz CT molecular complexity index is 546. The van der Waals surface area contributed by atoms with Crippen LogP contribution in [0, 0.1) is 0 Å². The van der Waals surface area contributed by atoms with Gasteiger partial charge in [-0.3, -0.25) is 9.59 Å². The molecule has 0 bridgehead atoms. The first-order valence-electron chi connectivity index (χ1n) is 5.76. The highest BCUT2D eigenvalue weighted by molar-refractivity contribution is 6.05. The van der Waals surface area contributed by atoms with Crippen molar-refractivity contribution in [2.75, 3.05) is 11.4 Å². The van der Waals surface area contributed by atoms with Crippen LogP contribution in [0.1, 0.15) is 27.8 Å². The number of hydrogen-bond donors (Lipinski definition) is 1. The van der Waals surface area contributed by atoms with Gasteiger partial charge in [0.15, 0.2) is 6.29 Å². The molecule has 1 heterocycles. The van der Waals surface area contributed by atoms with Crippen LogP contribution in [0.25, 0.3) is 0 Å². The molecule has 0 radical (unpaired) electrons. The highest BCUT2D eigenvalue weighted by Gasteiger charge is 2.17. The zero-order valence-electron chi connectivity index (χ0n) is 10.1. The molecule has 4 nitrogen and oxygen atoms in total. The minimum atomic E-state index is -0.142. The van der Waals surface area contributed by atoms with E-state index in [2.05, 4.69) is 4.98 Å². The van der Waals surface area contributed by atoms with Gasteiger partial charge in [-0.15, -0.1) is 0 Å². The first kappa shape index (κ1) is 12.1. The second-order valence-corrected chi connectivity index (χ2v) is 3.85. The van der Waals surface area contributed by atoms with Crippen LogP contribution < -0.4 is 4.90 Å². The van der Waals surface area contributed by atoms with E-state index in [4.69, 9.17) is 0 Å². The first-order valence-corrected chi connectivity index (χ1v) is 5.76. The largest absolute Gasteiger partial charge is 0.356 e. The molecule has 4 heteroatoms. The van der Waals surface area contributed by atoms with E-state index in [1.807, 2.05) is 37.3 Å². The molecule has 0 aliphatic rings. The molecule has 0 unspecified atom stereocenters. The van der Waals surface area contributed by atoms with Gasteiger partial charge in [-0.05, 0) is 25.1 Å². The maximum absolute atomic E-state index is 12.3. The van der Waals surface area contributed by atoms with E-state index in [1.165, 1.54) is 6.20 Å². The van der Waals surface area contributed by atoms with E-state index in [9.17, 15) is 9.59 Å². The minimum Gasteiger partial charge on any atom is -0.356 e. The van der Waals surface area contributed by atoms with Gasteiger partial charge in [0.1, 0.15) is 5.69 Å². The summed E-state index contributed by atoms with van der Waals surface area (Å²) >= 11 is 0. The molecule has 92 valence electrons. The number of rotatable bonds is 4. The third-order valence-corrected chi connectivity index (χ3v) is 2.70. The molecule has 0 saturated carbocycles. The second-order valence-electron chi connectivity index (χ2n) is 3.85. The van der Waals surface area contributed by atoms with Crippen LogP contribution in [0.2, 0.25) is 0 Å². The lowest BCUT2D eigenvalue weighted by molar-refractivity contribution is 0.0984. The Balaban J connectivity index is 2.28. The van der Waals surface area contributed by atoms with Crippen molar-refractivity contribution in [2.45, 2.75) is 6.92 Å². The van der Waals surface area contributed by atoms with Crippen molar-refractivity contribution in [3.8, 4) is 0 Å². The van der Waals surface area contributed by atoms with Gasteiger partial charge in [0.2, 0.25) is 0 Å². The maximum atomic E-state index is 12.3. The van der Waals surface area contributed by atoms with Crippen LogP contribution in [0.15, 0.2) is 42.6 Å². The smallest absolute Gasteiger partial charge is 0.274 e. The normalized spacial score (nSPS) is 10.1. The highest BCUT2D eigenvalue weighted by atomic mass is 16.2. The number of nitrogens with zero attached hydrogens (tertiary/aromatic N) is 1. The van der Waals surface area contributed by atoms with Gasteiger partial charge >= 0.3 is 0 Å². The molecule has 0 spiro atoms. The van der Waals surface area contributed by atoms with Crippen LogP contribution in [0.4, 0.5) is 5.69 Å². The molecular weight excluding hydrogens is 228 g/mol. The van der Waals surface area contributed by atoms with E-state index in [-0.39, 0.29) is 5.91 Å². The predicted octanol–water partition coefficient (Wildman–Crippen LogP) is 2.49. The number of amides is 1. The lowest BCUT2D eigenvalue weighted by Crippen LogP contribution is -2.30. The zero-order valence-corrected chi connectivity index (χ0v) is 10.1. The molecule has 0 atom stereocenters. The van der Waals surface area contributed by atoms with Gasteiger partial charge in [-0.1, -0.05) is 18.2 Å². The summed E-state index contributed by atoms with van der Waals surface area (Å²) in [5.74, 6) is -0.142. The average Bonchev–Trinajstić information content (AvgIpc) is 2.89. The molecule has 1 N–H and O–H groups in total. The number of benzene rings is 1. The minimum absolute atomic E-state index is 0.142. The van der Waals surface area contributed by atoms with Gasteiger partial charge in [0.05, 0.1) is 0 Å². The molecule has 1 aromatic heterocycles. The summed E-state index contributed by atoms with van der Waals surface area (Å²) in [5.41, 5.74) is 1.73. The van der Waals surface area contributed by atoms with Crippen molar-refractivity contribution in [1.29, 1.82) is 0 Å². The number of para-hydroxylation sites is 1. The number of H-pyrrole nitrogens is 1. The number of aromatic nitrogens is 1. The summed E-state index contributed by atoms with van der Waals surface area (Å²) in [6, 6.07) is 11.0. The molecule has 1 aromatic carbocycles. The number of aldehydes is 1. The van der Waals surface area contributed by atoms with Gasteiger partial charge in [0, 0.05) is 24.0 Å². The predicted molar refractivity (Wildman–Crippen MR) is 70.0 cm³/mol. The second kappa shape index (κ2) is 5.31. The monoisotopic (exact) mass is 242 g/mol. The molecular formula is C14H14N2O2. The van der Waals surface area contributed by atoms with E-state index < -0.39 is 0 Å². The van der Waals surface area contributed by atoms with Gasteiger partial charge in [-0.25, -0.2) is 0 Å². The molecule has 2 rings (SSSR count). The average molecular weight is 242 g/mol. The van der Waals surface area contributed by atoms with E-state index in [1.54, 1.807) is 11.0 Å². The molecule has 0 saturated heterocycles. The number of anilines is 1. The third-order valence-electron chi connectivity index (χ3n) is 2.70. The number of carbonyl (C=O) groups excluding carboxylic acids is 2. The van der Waals surface area contributed by atoms with Crippen molar-refractivity contribution < 1.29 is 9.59 Å². The van der Waals surface area contributed by atoms with E-state index in [0.717, 1.165) is 5.69 Å². The Morgan fingerprint density at radius 1 is 1.33 bits per heavy atom. The van der Waals surface area contributed by atoms with Gasteiger partial charge in [-0.2, -0.15) is 0 Å². The molecule has 18 heavy (non-hydrogen) atoms. The maximum Gasteiger partial charge on any atom is 0.274 e. The topological polar surface area (TPSA) is 53.2 Å². The Kier molecular flexibility index (Phi) is 3.57. The van der Waals surface area contributed by atoms with Gasteiger partial charge < -0.3 is 9.88 Å². The number of aromatic amines is 1. The molecule has 0 fully saturated rings. The summed E-state index contributed by atoms with van der Waals surface area (Å²) in [5, 5.41) is 0. The Morgan fingerprint density at radius 3 is 2.61 bits per heavy atom. The van der Waals surface area contributed by atoms with Crippen LogP contribution in [0.3, 0.4) is 0 Å². The summed E-state index contributed by atoms with van der Waals surface area (Å²) in [6.07, 6.45) is 2.24. The fourth-order valence-corrected chi connectivity index (χ4v) is 1.80. The molecule has 0 aliphatic carbocycles. The highest BCUT2D eigenvalue weighted by Crippen LogP contribution is 2.16. The van der Waals surface area contributed by atoms with Gasteiger partial charge in [0.25, 0.3) is 5.91 Å². The van der Waals surface area contributed by atoms with E-state index in [0.29, 0.717) is 24.1 Å². The van der Waals surface area contributed by atoms with E-state index >= 15 is 0 Å². The summed E-state index contributed by atoms with van der Waals surface area (Å²) in [6.45, 7) is 2.48. The van der Waals surface area contributed by atoms with Crippen molar-refractivity contribution in [3.63, 3.8) is 0 Å². The fraction of sp³-hybridized carbons (Fsp3) is 0.143. The number of nitrogens with one attached hydrogen (secondary N) is 1. The van der Waals surface area contributed by atoms with Crippen LogP contribution in [-0.2, 0) is 0 Å². The Labute approximate surface area is 105 Å². The number of hydrogen-bond acceptors (Lipinski definition) is 2. The molecule has 0 aliphatic heterocycles. The summed E-state index contributed by atoms with van der Waals surface area (Å²) in [4.78, 5) is 27.4. The van der Waals surface area contributed by atoms with Crippen LogP contribution in [0.5, 0.6) is 0 Å². The first-order chi connectivity index (χ1) is 8.76. The fourth-order valence-electron chi connectivity index (χ4n) is 1.80. The van der Waals surface area contributed by atoms with Crippen molar-refractivity contribution in [2.24, 2.45) is 0 Å². The van der Waals surface area contributed by atoms with Crippen LogP contribution in [-0.4, -0.2) is 23.7 Å². The van der Waals surface area contributed by atoms with Crippen LogP contribution >= 0.6 is 0 Å².